The van der Waals surface area contributed by atoms with Gasteiger partial charge in [0.2, 0.25) is 11.5 Å². The molecule has 2 aromatic carbocycles. The number of nitrogens with zero attached hydrogens (tertiary/aromatic N) is 2. The predicted octanol–water partition coefficient (Wildman–Crippen LogP) is 4.31. The van der Waals surface area contributed by atoms with E-state index in [2.05, 4.69) is 42.2 Å². The van der Waals surface area contributed by atoms with E-state index >= 15 is 0 Å². The summed E-state index contributed by atoms with van der Waals surface area (Å²) in [6, 6.07) is 12.7. The van der Waals surface area contributed by atoms with Crippen molar-refractivity contribution in [2.75, 3.05) is 5.32 Å². The lowest BCUT2D eigenvalue weighted by Crippen LogP contribution is -2.27. The van der Waals surface area contributed by atoms with E-state index in [0.717, 1.165) is 14.3 Å². The Hall–Kier alpha value is -2.45. The van der Waals surface area contributed by atoms with Crippen molar-refractivity contribution in [1.82, 2.24) is 9.55 Å². The number of para-hydroxylation sites is 1. The molecule has 1 N–H and O–H groups in total. The molecule has 1 amide bonds. The molecule has 0 aliphatic rings. The van der Waals surface area contributed by atoms with Crippen molar-refractivity contribution in [3.63, 3.8) is 0 Å². The number of benzene rings is 2. The Balaban J connectivity index is 1.64. The highest BCUT2D eigenvalue weighted by atomic mass is 79.9. The molecular weight excluding hydrogens is 466 g/mol. The van der Waals surface area contributed by atoms with Crippen LogP contribution in [0.1, 0.15) is 0 Å². The van der Waals surface area contributed by atoms with Gasteiger partial charge in [-0.2, -0.15) is 0 Å². The van der Waals surface area contributed by atoms with Crippen LogP contribution in [0, 0.1) is 0 Å². The van der Waals surface area contributed by atoms with Gasteiger partial charge in [0.25, 0.3) is 5.56 Å². The number of carbonyl (C=O) groups excluding carboxylic acids is 1. The third kappa shape index (κ3) is 3.06. The molecule has 0 saturated carbocycles. The van der Waals surface area contributed by atoms with Crippen LogP contribution in [0.25, 0.3) is 22.1 Å². The van der Waals surface area contributed by atoms with E-state index in [1.807, 2.05) is 30.3 Å². The molecule has 0 unspecified atom stereocenters. The first-order valence-corrected chi connectivity index (χ1v) is 9.23. The average molecular weight is 477 g/mol. The fourth-order valence-electron chi connectivity index (χ4n) is 2.66. The molecule has 0 fully saturated rings. The summed E-state index contributed by atoms with van der Waals surface area (Å²) in [4.78, 5) is 29.2. The molecule has 2 aromatic heterocycles. The number of amides is 1. The molecule has 130 valence electrons. The van der Waals surface area contributed by atoms with Gasteiger partial charge in [-0.05, 0) is 46.3 Å². The van der Waals surface area contributed by atoms with Gasteiger partial charge in [-0.1, -0.05) is 28.1 Å². The Kier molecular flexibility index (Phi) is 4.37. The van der Waals surface area contributed by atoms with Crippen LogP contribution >= 0.6 is 31.9 Å². The van der Waals surface area contributed by atoms with Crippen molar-refractivity contribution in [3.05, 3.63) is 68.1 Å². The van der Waals surface area contributed by atoms with Crippen LogP contribution in [0.2, 0.25) is 0 Å². The number of carbonyl (C=O) groups is 1. The van der Waals surface area contributed by atoms with Gasteiger partial charge in [0.05, 0.1) is 12.0 Å². The largest absolute Gasteiger partial charge is 0.448 e. The second-order valence-corrected chi connectivity index (χ2v) is 7.40. The lowest BCUT2D eigenvalue weighted by Gasteiger charge is -2.09. The molecule has 4 aromatic rings. The van der Waals surface area contributed by atoms with Gasteiger partial charge in [-0.3, -0.25) is 14.2 Å². The van der Waals surface area contributed by atoms with Gasteiger partial charge < -0.3 is 9.73 Å². The zero-order valence-electron chi connectivity index (χ0n) is 13.2. The maximum Gasteiger partial charge on any atom is 0.297 e. The minimum absolute atomic E-state index is 0.145. The highest BCUT2D eigenvalue weighted by Crippen LogP contribution is 2.26. The lowest BCUT2D eigenvalue weighted by atomic mass is 10.2. The maximum absolute atomic E-state index is 12.6. The van der Waals surface area contributed by atoms with Gasteiger partial charge in [0, 0.05) is 14.3 Å². The maximum atomic E-state index is 12.6. The van der Waals surface area contributed by atoms with Crippen LogP contribution in [0.15, 0.2) is 66.9 Å². The first kappa shape index (κ1) is 17.0. The molecule has 0 aliphatic carbocycles. The third-order valence-corrected chi connectivity index (χ3v) is 5.02. The molecule has 6 nitrogen and oxygen atoms in total. The molecule has 8 heteroatoms. The molecule has 0 bridgehead atoms. The van der Waals surface area contributed by atoms with Crippen molar-refractivity contribution in [1.29, 1.82) is 0 Å². The third-order valence-electron chi connectivity index (χ3n) is 3.87. The van der Waals surface area contributed by atoms with Gasteiger partial charge in [0.1, 0.15) is 17.6 Å². The number of aromatic nitrogens is 2. The molecule has 0 spiro atoms. The van der Waals surface area contributed by atoms with Gasteiger partial charge in [-0.25, -0.2) is 4.98 Å². The van der Waals surface area contributed by atoms with Crippen LogP contribution in [-0.2, 0) is 11.3 Å². The molecule has 4 rings (SSSR count). The number of furan rings is 1. The van der Waals surface area contributed by atoms with E-state index in [1.54, 1.807) is 12.1 Å². The smallest absolute Gasteiger partial charge is 0.297 e. The Morgan fingerprint density at radius 3 is 2.81 bits per heavy atom. The SMILES string of the molecule is O=C(Cn1cnc2c(oc3ccccc32)c1=O)Nc1ccc(Br)cc1Br. The van der Waals surface area contributed by atoms with Crippen LogP contribution in [-0.4, -0.2) is 15.5 Å². The van der Waals surface area contributed by atoms with Gasteiger partial charge in [-0.15, -0.1) is 0 Å². The Morgan fingerprint density at radius 2 is 2.00 bits per heavy atom. The predicted molar refractivity (Wildman–Crippen MR) is 106 cm³/mol. The Morgan fingerprint density at radius 1 is 1.19 bits per heavy atom. The topological polar surface area (TPSA) is 77.1 Å². The Bertz CT molecular complexity index is 1210. The number of nitrogens with one attached hydrogen (secondary N) is 1. The second kappa shape index (κ2) is 6.69. The number of hydrogen-bond donors (Lipinski definition) is 1. The second-order valence-electron chi connectivity index (χ2n) is 5.63. The number of hydrogen-bond acceptors (Lipinski definition) is 4. The summed E-state index contributed by atoms with van der Waals surface area (Å²) in [5.74, 6) is -0.340. The summed E-state index contributed by atoms with van der Waals surface area (Å²) in [5.41, 5.74) is 1.46. The molecule has 2 heterocycles. The molecule has 0 atom stereocenters. The van der Waals surface area contributed by atoms with Gasteiger partial charge >= 0.3 is 0 Å². The summed E-state index contributed by atoms with van der Waals surface area (Å²) in [6.07, 6.45) is 1.36. The summed E-state index contributed by atoms with van der Waals surface area (Å²) in [5, 5.41) is 3.54. The highest BCUT2D eigenvalue weighted by Gasteiger charge is 2.15. The Labute approximate surface area is 164 Å². The van der Waals surface area contributed by atoms with E-state index in [4.69, 9.17) is 4.42 Å². The number of halogens is 2. The van der Waals surface area contributed by atoms with Crippen LogP contribution in [0.3, 0.4) is 0 Å². The van der Waals surface area contributed by atoms with E-state index in [1.165, 1.54) is 10.9 Å². The standard InChI is InChI=1S/C18H11Br2N3O3/c19-10-5-6-13(12(20)7-10)22-15(24)8-23-9-21-16-11-3-1-2-4-14(11)26-17(16)18(23)25/h1-7,9H,8H2,(H,22,24). The average Bonchev–Trinajstić information content (AvgIpc) is 2.99. The van der Waals surface area contributed by atoms with Crippen LogP contribution in [0.5, 0.6) is 0 Å². The zero-order valence-corrected chi connectivity index (χ0v) is 16.4. The molecule has 0 aliphatic heterocycles. The van der Waals surface area contributed by atoms with E-state index in [-0.39, 0.29) is 18.0 Å². The summed E-state index contributed by atoms with van der Waals surface area (Å²) >= 11 is 6.74. The fraction of sp³-hybridized carbons (Fsp3) is 0.0556. The monoisotopic (exact) mass is 475 g/mol. The quantitative estimate of drug-likeness (QED) is 0.478. The normalized spacial score (nSPS) is 11.2. The van der Waals surface area contributed by atoms with Crippen LogP contribution in [0.4, 0.5) is 5.69 Å². The van der Waals surface area contributed by atoms with Crippen molar-refractivity contribution in [2.24, 2.45) is 0 Å². The van der Waals surface area contributed by atoms with Gasteiger partial charge in [0.15, 0.2) is 0 Å². The number of rotatable bonds is 3. The lowest BCUT2D eigenvalue weighted by molar-refractivity contribution is -0.116. The van der Waals surface area contributed by atoms with E-state index in [0.29, 0.717) is 16.8 Å². The minimum Gasteiger partial charge on any atom is -0.448 e. The number of anilines is 1. The first-order chi connectivity index (χ1) is 12.5. The molecule has 0 radical (unpaired) electrons. The number of fused-ring (bicyclic) bond motifs is 3. The van der Waals surface area contributed by atoms with Crippen LogP contribution < -0.4 is 10.9 Å². The molecular formula is C18H11Br2N3O3. The van der Waals surface area contributed by atoms with Crippen molar-refractivity contribution in [2.45, 2.75) is 6.54 Å². The van der Waals surface area contributed by atoms with E-state index in [9.17, 15) is 9.59 Å². The van der Waals surface area contributed by atoms with E-state index < -0.39 is 5.56 Å². The fourth-order valence-corrected chi connectivity index (χ4v) is 3.81. The minimum atomic E-state index is -0.392. The summed E-state index contributed by atoms with van der Waals surface area (Å²) in [6.45, 7) is -0.165. The molecule has 26 heavy (non-hydrogen) atoms. The summed E-state index contributed by atoms with van der Waals surface area (Å²) in [7, 11) is 0. The molecule has 0 saturated heterocycles. The summed E-state index contributed by atoms with van der Waals surface area (Å²) < 4.78 is 8.47. The van der Waals surface area contributed by atoms with Crippen molar-refractivity contribution >= 4 is 65.5 Å². The highest BCUT2D eigenvalue weighted by molar-refractivity contribution is 9.11. The van der Waals surface area contributed by atoms with Crippen molar-refractivity contribution in [3.8, 4) is 0 Å². The van der Waals surface area contributed by atoms with Crippen molar-refractivity contribution < 1.29 is 9.21 Å². The first-order valence-electron chi connectivity index (χ1n) is 7.64. The zero-order chi connectivity index (χ0) is 18.3.